The summed E-state index contributed by atoms with van der Waals surface area (Å²) in [7, 11) is 0. The van der Waals surface area contributed by atoms with Gasteiger partial charge >= 0.3 is 0 Å². The van der Waals surface area contributed by atoms with E-state index in [-0.39, 0.29) is 11.8 Å². The Hall–Kier alpha value is -1.14. The first-order valence-electron chi connectivity index (χ1n) is 8.11. The lowest BCUT2D eigenvalue weighted by molar-refractivity contribution is -0.135. The largest absolute Gasteiger partial charge is 0.378 e. The number of hydrogen-bond donors (Lipinski definition) is 1. The van der Waals surface area contributed by atoms with E-state index in [9.17, 15) is 9.59 Å². The van der Waals surface area contributed by atoms with Crippen molar-refractivity contribution in [3.05, 3.63) is 0 Å². The number of likely N-dealkylation sites (tertiary alicyclic amines) is 1. The SMILES string of the molecule is O=C(CCNCC(=O)N1CCCCCC1)N1CCOCC1. The number of nitrogens with zero attached hydrogens (tertiary/aromatic N) is 2. The monoisotopic (exact) mass is 297 g/mol. The molecule has 2 saturated heterocycles. The van der Waals surface area contributed by atoms with E-state index in [1.807, 2.05) is 9.80 Å². The Balaban J connectivity index is 1.57. The number of ether oxygens (including phenoxy) is 1. The first-order chi connectivity index (χ1) is 10.3. The van der Waals surface area contributed by atoms with Crippen molar-refractivity contribution in [1.29, 1.82) is 0 Å². The summed E-state index contributed by atoms with van der Waals surface area (Å²) >= 11 is 0. The zero-order valence-electron chi connectivity index (χ0n) is 12.8. The second-order valence-electron chi connectivity index (χ2n) is 5.71. The highest BCUT2D eigenvalue weighted by Gasteiger charge is 2.17. The van der Waals surface area contributed by atoms with Crippen molar-refractivity contribution in [2.24, 2.45) is 0 Å². The van der Waals surface area contributed by atoms with Crippen LogP contribution in [-0.2, 0) is 14.3 Å². The Kier molecular flexibility index (Phi) is 6.95. The lowest BCUT2D eigenvalue weighted by atomic mass is 10.2. The molecule has 0 aromatic rings. The molecule has 2 amide bonds. The minimum atomic E-state index is 0.146. The Morgan fingerprint density at radius 3 is 2.14 bits per heavy atom. The van der Waals surface area contributed by atoms with Crippen molar-refractivity contribution in [3.63, 3.8) is 0 Å². The molecule has 0 radical (unpaired) electrons. The normalized spacial score (nSPS) is 20.2. The summed E-state index contributed by atoms with van der Waals surface area (Å²) in [6.07, 6.45) is 5.13. The minimum Gasteiger partial charge on any atom is -0.378 e. The number of carbonyl (C=O) groups is 2. The Labute approximate surface area is 126 Å². The third kappa shape index (κ3) is 5.63. The van der Waals surface area contributed by atoms with Gasteiger partial charge < -0.3 is 19.9 Å². The first kappa shape index (κ1) is 16.2. The number of nitrogens with one attached hydrogen (secondary N) is 1. The van der Waals surface area contributed by atoms with Crippen molar-refractivity contribution >= 4 is 11.8 Å². The van der Waals surface area contributed by atoms with Gasteiger partial charge in [-0.15, -0.1) is 0 Å². The summed E-state index contributed by atoms with van der Waals surface area (Å²) in [4.78, 5) is 27.8. The molecule has 0 aliphatic carbocycles. The van der Waals surface area contributed by atoms with Crippen LogP contribution in [0, 0.1) is 0 Å². The van der Waals surface area contributed by atoms with E-state index in [4.69, 9.17) is 4.74 Å². The van der Waals surface area contributed by atoms with Crippen LogP contribution in [-0.4, -0.2) is 74.1 Å². The molecule has 120 valence electrons. The summed E-state index contributed by atoms with van der Waals surface area (Å²) in [5.74, 6) is 0.309. The van der Waals surface area contributed by atoms with Crippen LogP contribution in [0.15, 0.2) is 0 Å². The van der Waals surface area contributed by atoms with E-state index < -0.39 is 0 Å². The maximum Gasteiger partial charge on any atom is 0.236 e. The molecule has 0 unspecified atom stereocenters. The van der Waals surface area contributed by atoms with Gasteiger partial charge in [0.15, 0.2) is 0 Å². The van der Waals surface area contributed by atoms with Crippen molar-refractivity contribution in [3.8, 4) is 0 Å². The summed E-state index contributed by atoms with van der Waals surface area (Å²) in [6, 6.07) is 0. The standard InChI is InChI=1S/C15H27N3O3/c19-14(18-9-11-21-12-10-18)5-6-16-13-15(20)17-7-3-1-2-4-8-17/h16H,1-13H2. The van der Waals surface area contributed by atoms with Crippen LogP contribution in [0.5, 0.6) is 0 Å². The molecule has 2 aliphatic heterocycles. The Morgan fingerprint density at radius 2 is 1.48 bits per heavy atom. The summed E-state index contributed by atoms with van der Waals surface area (Å²) in [5, 5.41) is 3.10. The van der Waals surface area contributed by atoms with E-state index in [0.717, 1.165) is 25.9 Å². The third-order valence-corrected chi connectivity index (χ3v) is 4.11. The Bertz CT molecular complexity index is 335. The Morgan fingerprint density at radius 1 is 0.857 bits per heavy atom. The molecule has 1 N–H and O–H groups in total. The molecule has 0 aromatic heterocycles. The predicted octanol–water partition coefficient (Wildman–Crippen LogP) is 0.228. The lowest BCUT2D eigenvalue weighted by Gasteiger charge is -2.27. The van der Waals surface area contributed by atoms with Gasteiger partial charge in [-0.2, -0.15) is 0 Å². The van der Waals surface area contributed by atoms with Crippen LogP contribution in [0.4, 0.5) is 0 Å². The molecule has 21 heavy (non-hydrogen) atoms. The molecule has 2 rings (SSSR count). The fourth-order valence-corrected chi connectivity index (χ4v) is 2.79. The highest BCUT2D eigenvalue weighted by molar-refractivity contribution is 5.79. The summed E-state index contributed by atoms with van der Waals surface area (Å²) in [6.45, 7) is 5.31. The van der Waals surface area contributed by atoms with Crippen LogP contribution in [0.25, 0.3) is 0 Å². The number of carbonyl (C=O) groups excluding carboxylic acids is 2. The maximum atomic E-state index is 12.0. The van der Waals surface area contributed by atoms with Gasteiger partial charge in [-0.05, 0) is 12.8 Å². The van der Waals surface area contributed by atoms with Gasteiger partial charge in [0.1, 0.15) is 0 Å². The fourth-order valence-electron chi connectivity index (χ4n) is 2.79. The molecule has 0 saturated carbocycles. The van der Waals surface area contributed by atoms with Gasteiger partial charge in [0.25, 0.3) is 0 Å². The molecular weight excluding hydrogens is 270 g/mol. The van der Waals surface area contributed by atoms with Crippen LogP contribution in [0.3, 0.4) is 0 Å². The zero-order valence-corrected chi connectivity index (χ0v) is 12.8. The minimum absolute atomic E-state index is 0.146. The van der Waals surface area contributed by atoms with Gasteiger partial charge in [0.2, 0.25) is 11.8 Å². The second kappa shape index (κ2) is 9.00. The van der Waals surface area contributed by atoms with E-state index in [0.29, 0.717) is 45.8 Å². The third-order valence-electron chi connectivity index (χ3n) is 4.11. The number of morpholine rings is 1. The number of hydrogen-bond acceptors (Lipinski definition) is 4. The quantitative estimate of drug-likeness (QED) is 0.738. The van der Waals surface area contributed by atoms with Gasteiger partial charge in [0.05, 0.1) is 19.8 Å². The topological polar surface area (TPSA) is 61.9 Å². The zero-order chi connectivity index (χ0) is 14.9. The van der Waals surface area contributed by atoms with Crippen molar-refractivity contribution in [2.75, 3.05) is 52.5 Å². The first-order valence-corrected chi connectivity index (χ1v) is 8.11. The second-order valence-corrected chi connectivity index (χ2v) is 5.71. The highest BCUT2D eigenvalue weighted by atomic mass is 16.5. The van der Waals surface area contributed by atoms with Gasteiger partial charge in [-0.1, -0.05) is 12.8 Å². The molecule has 0 aromatic carbocycles. The number of rotatable bonds is 5. The molecule has 2 aliphatic rings. The average Bonchev–Trinajstić information content (AvgIpc) is 2.81. The van der Waals surface area contributed by atoms with E-state index >= 15 is 0 Å². The van der Waals surface area contributed by atoms with Gasteiger partial charge in [0, 0.05) is 39.1 Å². The molecule has 0 spiro atoms. The van der Waals surface area contributed by atoms with Crippen molar-refractivity contribution in [1.82, 2.24) is 15.1 Å². The van der Waals surface area contributed by atoms with Crippen LogP contribution >= 0.6 is 0 Å². The van der Waals surface area contributed by atoms with Gasteiger partial charge in [-0.3, -0.25) is 9.59 Å². The molecule has 0 atom stereocenters. The molecule has 0 bridgehead atoms. The highest BCUT2D eigenvalue weighted by Crippen LogP contribution is 2.09. The molecule has 2 fully saturated rings. The van der Waals surface area contributed by atoms with E-state index in [1.54, 1.807) is 0 Å². The lowest BCUT2D eigenvalue weighted by Crippen LogP contribution is -2.42. The van der Waals surface area contributed by atoms with Crippen LogP contribution in [0.2, 0.25) is 0 Å². The average molecular weight is 297 g/mol. The van der Waals surface area contributed by atoms with E-state index in [1.165, 1.54) is 12.8 Å². The summed E-state index contributed by atoms with van der Waals surface area (Å²) in [5.41, 5.74) is 0. The molecule has 6 heteroatoms. The van der Waals surface area contributed by atoms with Crippen molar-refractivity contribution in [2.45, 2.75) is 32.1 Å². The molecule has 6 nitrogen and oxygen atoms in total. The maximum absolute atomic E-state index is 12.0. The molecular formula is C15H27N3O3. The smallest absolute Gasteiger partial charge is 0.236 e. The van der Waals surface area contributed by atoms with Crippen LogP contribution in [0.1, 0.15) is 32.1 Å². The molecule has 2 heterocycles. The fraction of sp³-hybridized carbons (Fsp3) is 0.867. The van der Waals surface area contributed by atoms with Crippen LogP contribution < -0.4 is 5.32 Å². The van der Waals surface area contributed by atoms with E-state index in [2.05, 4.69) is 5.32 Å². The predicted molar refractivity (Wildman–Crippen MR) is 79.9 cm³/mol. The van der Waals surface area contributed by atoms with Crippen molar-refractivity contribution < 1.29 is 14.3 Å². The number of amides is 2. The summed E-state index contributed by atoms with van der Waals surface area (Å²) < 4.78 is 5.22. The van der Waals surface area contributed by atoms with Gasteiger partial charge in [-0.25, -0.2) is 0 Å².